The summed E-state index contributed by atoms with van der Waals surface area (Å²) < 4.78 is 0. The summed E-state index contributed by atoms with van der Waals surface area (Å²) in [5.41, 5.74) is 13.9. The summed E-state index contributed by atoms with van der Waals surface area (Å²) in [5.74, 6) is -1.57. The van der Waals surface area contributed by atoms with E-state index in [1.165, 1.54) is 26.3 Å². The zero-order valence-corrected chi connectivity index (χ0v) is 35.8. The predicted molar refractivity (Wildman–Crippen MR) is 220 cm³/mol. The fourth-order valence-corrected chi connectivity index (χ4v) is 8.22. The molecule has 0 unspecified atom stereocenters. The van der Waals surface area contributed by atoms with Crippen LogP contribution < -0.4 is 10.2 Å². The Morgan fingerprint density at radius 1 is 0.455 bits per heavy atom. The molecule has 4 aromatic rings. The second-order valence-corrected chi connectivity index (χ2v) is 15.2. The zero-order chi connectivity index (χ0) is 40.3. The van der Waals surface area contributed by atoms with Crippen molar-refractivity contribution in [3.8, 4) is 0 Å². The maximum Gasteiger partial charge on any atom is 2.00 e. The maximum absolute atomic E-state index is 14.2. The molecule has 7 heteroatoms. The molecular weight excluding hydrogens is 727 g/mol. The molecule has 0 saturated heterocycles. The van der Waals surface area contributed by atoms with Crippen molar-refractivity contribution in [2.24, 2.45) is 9.98 Å². The third-order valence-electron chi connectivity index (χ3n) is 10.2. The van der Waals surface area contributed by atoms with Crippen LogP contribution in [0, 0.1) is 83.1 Å². The van der Waals surface area contributed by atoms with E-state index in [1.54, 1.807) is 0 Å². The van der Waals surface area contributed by atoms with Gasteiger partial charge in [0.05, 0.1) is 0 Å². The van der Waals surface area contributed by atoms with Crippen LogP contribution in [-0.4, -0.2) is 24.0 Å². The minimum atomic E-state index is -0.740. The molecule has 0 amide bonds. The van der Waals surface area contributed by atoms with Gasteiger partial charge in [0.2, 0.25) is 0 Å². The number of rotatable bonds is 11. The number of hydrogen-bond acceptors (Lipinski definition) is 6. The number of carbonyl (C=O) groups is 2. The summed E-state index contributed by atoms with van der Waals surface area (Å²) in [6.07, 6.45) is 2.82. The van der Waals surface area contributed by atoms with Crippen LogP contribution in [0.1, 0.15) is 115 Å². The number of carbonyl (C=O) groups excluding carboxylic acids is 2. The molecule has 4 rings (SSSR count). The van der Waals surface area contributed by atoms with Gasteiger partial charge in [0.25, 0.3) is 0 Å². The summed E-state index contributed by atoms with van der Waals surface area (Å²) in [6, 6.07) is 14.6. The van der Waals surface area contributed by atoms with Gasteiger partial charge in [0, 0.05) is 23.6 Å². The van der Waals surface area contributed by atoms with E-state index in [4.69, 9.17) is 9.98 Å². The topological polar surface area (TPSA) is 105 Å². The van der Waals surface area contributed by atoms with Gasteiger partial charge < -0.3 is 10.2 Å². The van der Waals surface area contributed by atoms with Crippen LogP contribution in [0.3, 0.4) is 0 Å². The van der Waals surface area contributed by atoms with Crippen molar-refractivity contribution in [3.05, 3.63) is 149 Å². The first-order valence-corrected chi connectivity index (χ1v) is 18.5. The number of aryl methyl sites for hydroxylation is 12. The number of nitrogens with zero attached hydrogens (tertiary/aromatic N) is 2. The number of Topliss-reactive ketones (excluding diaryl/α,β-unsaturated/α-hetero) is 2. The Labute approximate surface area is 338 Å². The van der Waals surface area contributed by atoms with E-state index < -0.39 is 23.7 Å². The largest absolute Gasteiger partial charge is 2.00 e. The van der Waals surface area contributed by atoms with Crippen molar-refractivity contribution in [2.75, 3.05) is 0 Å². The van der Waals surface area contributed by atoms with Gasteiger partial charge in [-0.2, -0.15) is 0 Å². The number of ketones is 2. The van der Waals surface area contributed by atoms with Gasteiger partial charge in [0.1, 0.15) is 12.1 Å². The monoisotopic (exact) mass is 781 g/mol. The second kappa shape index (κ2) is 18.2. The van der Waals surface area contributed by atoms with E-state index in [2.05, 4.69) is 24.3 Å². The van der Waals surface area contributed by atoms with Crippen molar-refractivity contribution in [2.45, 2.75) is 109 Å². The molecule has 0 spiro atoms. The van der Waals surface area contributed by atoms with Gasteiger partial charge >= 0.3 is 16.8 Å². The Morgan fingerprint density at radius 3 is 0.891 bits per heavy atom. The Bertz CT molecular complexity index is 2040. The standard InChI is InChI=1S/C48H56N2O4.Co/c1-25-15-29(5)41(30(6)16-25)45(49-23-39(37(13)51)47(53)43-33(9)19-27(3)20-34(43)10)46(42-31(7)17-26(2)18-32(42)8)50-24-40(38(14)52)48(54)44-35(11)21-28(4)22-36(44)12;/h15-24,45-46,53-54H,1-14H3;/q;+2/p-2/b47-39-,48-40-,49-23?,50-24?;/t45-,46-;/m1./s1. The molecule has 55 heavy (non-hydrogen) atoms. The number of aliphatic imine (C=N–C) groups is 2. The molecule has 0 saturated carbocycles. The van der Waals surface area contributed by atoms with Gasteiger partial charge in [-0.1, -0.05) is 82.3 Å². The van der Waals surface area contributed by atoms with E-state index in [0.29, 0.717) is 11.1 Å². The number of allylic oxidation sites excluding steroid dienone is 2. The number of benzene rings is 4. The van der Waals surface area contributed by atoms with Gasteiger partial charge in [-0.15, -0.1) is 0 Å². The van der Waals surface area contributed by atoms with E-state index in [1.807, 2.05) is 107 Å². The smallest absolute Gasteiger partial charge is 0.872 e. The second-order valence-electron chi connectivity index (χ2n) is 15.2. The van der Waals surface area contributed by atoms with Crippen molar-refractivity contribution in [3.63, 3.8) is 0 Å². The fourth-order valence-electron chi connectivity index (χ4n) is 8.22. The first-order chi connectivity index (χ1) is 25.2. The quantitative estimate of drug-likeness (QED) is 0.0861. The minimum absolute atomic E-state index is 0. The third-order valence-corrected chi connectivity index (χ3v) is 10.2. The van der Waals surface area contributed by atoms with E-state index in [0.717, 1.165) is 77.9 Å². The summed E-state index contributed by atoms with van der Waals surface area (Å²) in [4.78, 5) is 36.8. The van der Waals surface area contributed by atoms with Crippen LogP contribution in [0.25, 0.3) is 11.5 Å². The van der Waals surface area contributed by atoms with Crippen LogP contribution >= 0.6 is 0 Å². The summed E-state index contributed by atoms with van der Waals surface area (Å²) >= 11 is 0. The molecule has 0 aliphatic carbocycles. The Hall–Kier alpha value is -4.85. The molecule has 0 N–H and O–H groups in total. The van der Waals surface area contributed by atoms with Crippen LogP contribution in [-0.2, 0) is 26.4 Å². The number of hydrogen-bond donors (Lipinski definition) is 0. The summed E-state index contributed by atoms with van der Waals surface area (Å²) in [5, 5.41) is 28.3. The molecule has 289 valence electrons. The molecular formula is C48H54CoN2O4. The molecule has 6 nitrogen and oxygen atoms in total. The third kappa shape index (κ3) is 9.88. The van der Waals surface area contributed by atoms with E-state index >= 15 is 0 Å². The molecule has 0 aliphatic heterocycles. The molecule has 4 aromatic carbocycles. The van der Waals surface area contributed by atoms with Gasteiger partial charge in [-0.25, -0.2) is 0 Å². The van der Waals surface area contributed by atoms with Crippen LogP contribution in [0.5, 0.6) is 0 Å². The Balaban J connectivity index is 0.00000812. The van der Waals surface area contributed by atoms with Crippen molar-refractivity contribution < 1.29 is 36.6 Å². The average Bonchev–Trinajstić information content (AvgIpc) is 3.01. The van der Waals surface area contributed by atoms with Gasteiger partial charge in [-0.05, 0) is 164 Å². The van der Waals surface area contributed by atoms with Crippen molar-refractivity contribution in [1.82, 2.24) is 0 Å². The van der Waals surface area contributed by atoms with Gasteiger partial charge in [0.15, 0.2) is 11.6 Å². The SMILES string of the molecule is CC(=O)/C(C=N[C@H](c1c(C)cc(C)cc1C)[C@H](N=C/C(C(C)=O)=C(/[O-])c1c(C)cc(C)cc1C)c1c(C)cc(C)cc1C)=C(\[O-])c1c(C)cc(C)cc1C.[Co+2]. The molecule has 1 radical (unpaired) electrons. The van der Waals surface area contributed by atoms with Gasteiger partial charge in [-0.3, -0.25) is 19.6 Å². The normalized spacial score (nSPS) is 13.7. The first-order valence-electron chi connectivity index (χ1n) is 18.5. The Kier molecular flexibility index (Phi) is 14.7. The summed E-state index contributed by atoms with van der Waals surface area (Å²) in [6.45, 7) is 26.4. The molecule has 2 atom stereocenters. The van der Waals surface area contributed by atoms with E-state index in [-0.39, 0.29) is 39.4 Å². The van der Waals surface area contributed by atoms with Crippen LogP contribution in [0.15, 0.2) is 69.7 Å². The fraction of sp³-hybridized carbons (Fsp3) is 0.333. The minimum Gasteiger partial charge on any atom is -0.872 e. The van der Waals surface area contributed by atoms with Crippen LogP contribution in [0.2, 0.25) is 0 Å². The molecule has 0 aliphatic rings. The zero-order valence-electron chi connectivity index (χ0n) is 34.8. The summed E-state index contributed by atoms with van der Waals surface area (Å²) in [7, 11) is 0. The predicted octanol–water partition coefficient (Wildman–Crippen LogP) is 9.03. The van der Waals surface area contributed by atoms with E-state index in [9.17, 15) is 19.8 Å². The molecule has 0 fully saturated rings. The van der Waals surface area contributed by atoms with Crippen molar-refractivity contribution >= 4 is 35.5 Å². The maximum atomic E-state index is 14.2. The molecule has 0 bridgehead atoms. The Morgan fingerprint density at radius 2 is 0.673 bits per heavy atom. The first kappa shape index (κ1) is 44.5. The molecule has 0 heterocycles. The van der Waals surface area contributed by atoms with Crippen molar-refractivity contribution in [1.29, 1.82) is 0 Å². The van der Waals surface area contributed by atoms with Crippen LogP contribution in [0.4, 0.5) is 0 Å². The average molecular weight is 782 g/mol. The molecule has 0 aromatic heterocycles.